The summed E-state index contributed by atoms with van der Waals surface area (Å²) >= 11 is 0. The molecule has 1 amide bonds. The number of hydrogen-bond acceptors (Lipinski definition) is 4. The fourth-order valence-corrected chi connectivity index (χ4v) is 1.57. The van der Waals surface area contributed by atoms with Crippen LogP contribution in [-0.2, 0) is 21.0 Å². The fourth-order valence-electron chi connectivity index (χ4n) is 1.57. The molecule has 0 radical (unpaired) electrons. The molecular formula is C16H14N2O3. The van der Waals surface area contributed by atoms with Crippen LogP contribution in [0.1, 0.15) is 11.1 Å². The maximum atomic E-state index is 11.5. The Balaban J connectivity index is 1.78. The lowest BCUT2D eigenvalue weighted by Crippen LogP contribution is -2.31. The van der Waals surface area contributed by atoms with Crippen molar-refractivity contribution in [2.24, 2.45) is 5.16 Å². The van der Waals surface area contributed by atoms with Crippen LogP contribution in [-0.4, -0.2) is 18.1 Å². The van der Waals surface area contributed by atoms with Gasteiger partial charge in [0.25, 0.3) is 0 Å². The number of hydrogen-bond donors (Lipinski definition) is 1. The molecule has 2 aromatic carbocycles. The van der Waals surface area contributed by atoms with E-state index in [0.29, 0.717) is 0 Å². The van der Waals surface area contributed by atoms with E-state index in [2.05, 4.69) is 15.3 Å². The van der Waals surface area contributed by atoms with Crippen LogP contribution in [0, 0.1) is 0 Å². The third-order valence-corrected chi connectivity index (χ3v) is 2.62. The third-order valence-electron chi connectivity index (χ3n) is 2.62. The van der Waals surface area contributed by atoms with Gasteiger partial charge in [0.15, 0.2) is 0 Å². The molecule has 0 bridgehead atoms. The maximum absolute atomic E-state index is 11.5. The predicted molar refractivity (Wildman–Crippen MR) is 78.4 cm³/mol. The van der Waals surface area contributed by atoms with E-state index in [4.69, 9.17) is 0 Å². The van der Waals surface area contributed by atoms with Gasteiger partial charge < -0.3 is 10.2 Å². The molecule has 2 rings (SSSR count). The van der Waals surface area contributed by atoms with Crippen LogP contribution in [0.3, 0.4) is 0 Å². The number of nitrogens with one attached hydrogen (secondary N) is 1. The number of carbonyl (C=O) groups excluding carboxylic acids is 2. The van der Waals surface area contributed by atoms with Crippen molar-refractivity contribution in [1.29, 1.82) is 0 Å². The topological polar surface area (TPSA) is 67.8 Å². The molecule has 0 spiro atoms. The van der Waals surface area contributed by atoms with E-state index in [0.717, 1.165) is 11.1 Å². The van der Waals surface area contributed by atoms with Gasteiger partial charge in [-0.2, -0.15) is 0 Å². The summed E-state index contributed by atoms with van der Waals surface area (Å²) in [6.07, 6.45) is 1.36. The summed E-state index contributed by atoms with van der Waals surface area (Å²) in [5.41, 5.74) is 1.67. The van der Waals surface area contributed by atoms with E-state index in [9.17, 15) is 9.59 Å². The largest absolute Gasteiger partial charge is 0.422 e. The molecule has 5 heteroatoms. The molecule has 106 valence electrons. The molecule has 0 aliphatic carbocycles. The minimum atomic E-state index is -1.04. The Morgan fingerprint density at radius 3 is 2.29 bits per heavy atom. The summed E-state index contributed by atoms with van der Waals surface area (Å²) in [5.74, 6) is -1.87. The van der Waals surface area contributed by atoms with Crippen molar-refractivity contribution in [2.45, 2.75) is 6.54 Å². The Kier molecular flexibility index (Phi) is 5.23. The lowest BCUT2D eigenvalue weighted by molar-refractivity contribution is -0.154. The molecule has 0 saturated carbocycles. The first kappa shape index (κ1) is 14.5. The SMILES string of the molecule is O=C(NCc1ccccc1)C(=O)O/N=C/c1ccccc1. The van der Waals surface area contributed by atoms with Gasteiger partial charge in [-0.1, -0.05) is 65.8 Å². The number of benzene rings is 2. The first-order valence-electron chi connectivity index (χ1n) is 6.37. The molecule has 0 heterocycles. The molecular weight excluding hydrogens is 268 g/mol. The van der Waals surface area contributed by atoms with Gasteiger partial charge in [0.1, 0.15) is 0 Å². The highest BCUT2D eigenvalue weighted by atomic mass is 16.7. The van der Waals surface area contributed by atoms with Gasteiger partial charge in [0, 0.05) is 6.54 Å². The minimum absolute atomic E-state index is 0.261. The van der Waals surface area contributed by atoms with Crippen molar-refractivity contribution >= 4 is 18.1 Å². The summed E-state index contributed by atoms with van der Waals surface area (Å²) in [5, 5.41) is 5.94. The second kappa shape index (κ2) is 7.59. The zero-order valence-corrected chi connectivity index (χ0v) is 11.2. The van der Waals surface area contributed by atoms with Gasteiger partial charge in [-0.05, 0) is 11.1 Å². The average molecular weight is 282 g/mol. The Bertz CT molecular complexity index is 624. The van der Waals surface area contributed by atoms with E-state index in [1.54, 1.807) is 12.1 Å². The molecule has 0 atom stereocenters. The molecule has 21 heavy (non-hydrogen) atoms. The first-order valence-corrected chi connectivity index (χ1v) is 6.37. The standard InChI is InChI=1S/C16H14N2O3/c19-15(17-11-13-7-3-1-4-8-13)16(20)21-18-12-14-9-5-2-6-10-14/h1-10,12H,11H2,(H,17,19)/b18-12+. The van der Waals surface area contributed by atoms with Gasteiger partial charge in [-0.25, -0.2) is 4.79 Å². The second-order valence-corrected chi connectivity index (χ2v) is 4.19. The molecule has 5 nitrogen and oxygen atoms in total. The molecule has 0 aliphatic rings. The Labute approximate surface area is 122 Å². The zero-order chi connectivity index (χ0) is 14.9. The van der Waals surface area contributed by atoms with Crippen molar-refractivity contribution in [3.8, 4) is 0 Å². The predicted octanol–water partition coefficient (Wildman–Crippen LogP) is 1.88. The minimum Gasteiger partial charge on any atom is -0.342 e. The van der Waals surface area contributed by atoms with E-state index >= 15 is 0 Å². The smallest absolute Gasteiger partial charge is 0.342 e. The van der Waals surface area contributed by atoms with Crippen molar-refractivity contribution in [3.05, 3.63) is 71.8 Å². The number of amides is 1. The molecule has 0 fully saturated rings. The van der Waals surface area contributed by atoms with E-state index in [1.807, 2.05) is 48.5 Å². The normalized spacial score (nSPS) is 10.3. The van der Waals surface area contributed by atoms with Gasteiger partial charge in [-0.3, -0.25) is 4.79 Å². The molecule has 0 saturated heterocycles. The van der Waals surface area contributed by atoms with Gasteiger partial charge in [-0.15, -0.1) is 0 Å². The number of oxime groups is 1. The Morgan fingerprint density at radius 2 is 1.62 bits per heavy atom. The zero-order valence-electron chi connectivity index (χ0n) is 11.2. The molecule has 1 N–H and O–H groups in total. The lowest BCUT2D eigenvalue weighted by Gasteiger charge is -2.02. The summed E-state index contributed by atoms with van der Waals surface area (Å²) < 4.78 is 0. The van der Waals surface area contributed by atoms with Gasteiger partial charge in [0.2, 0.25) is 0 Å². The summed E-state index contributed by atoms with van der Waals surface area (Å²) in [6, 6.07) is 18.4. The summed E-state index contributed by atoms with van der Waals surface area (Å²) in [7, 11) is 0. The number of carbonyl (C=O) groups is 2. The number of rotatable bonds is 4. The summed E-state index contributed by atoms with van der Waals surface area (Å²) in [4.78, 5) is 27.4. The van der Waals surface area contributed by atoms with E-state index < -0.39 is 11.9 Å². The van der Waals surface area contributed by atoms with Crippen molar-refractivity contribution in [2.75, 3.05) is 0 Å². The van der Waals surface area contributed by atoms with Gasteiger partial charge in [0.05, 0.1) is 6.21 Å². The average Bonchev–Trinajstić information content (AvgIpc) is 2.54. The Hall–Kier alpha value is -2.95. The molecule has 0 unspecified atom stereocenters. The van der Waals surface area contributed by atoms with Crippen LogP contribution < -0.4 is 5.32 Å². The lowest BCUT2D eigenvalue weighted by atomic mass is 10.2. The molecule has 2 aromatic rings. The maximum Gasteiger partial charge on any atom is 0.422 e. The van der Waals surface area contributed by atoms with Crippen molar-refractivity contribution in [3.63, 3.8) is 0 Å². The highest BCUT2D eigenvalue weighted by molar-refractivity contribution is 6.32. The highest BCUT2D eigenvalue weighted by Gasteiger charge is 2.14. The fraction of sp³-hybridized carbons (Fsp3) is 0.0625. The van der Waals surface area contributed by atoms with E-state index in [1.165, 1.54) is 6.21 Å². The summed E-state index contributed by atoms with van der Waals surface area (Å²) in [6.45, 7) is 0.261. The third kappa shape index (κ3) is 4.91. The first-order chi connectivity index (χ1) is 10.3. The van der Waals surface area contributed by atoms with Crippen LogP contribution in [0.5, 0.6) is 0 Å². The van der Waals surface area contributed by atoms with Crippen LogP contribution in [0.15, 0.2) is 65.8 Å². The monoisotopic (exact) mass is 282 g/mol. The van der Waals surface area contributed by atoms with E-state index in [-0.39, 0.29) is 6.54 Å². The van der Waals surface area contributed by atoms with Crippen LogP contribution in [0.4, 0.5) is 0 Å². The van der Waals surface area contributed by atoms with Crippen LogP contribution >= 0.6 is 0 Å². The quantitative estimate of drug-likeness (QED) is 0.403. The van der Waals surface area contributed by atoms with Crippen molar-refractivity contribution in [1.82, 2.24) is 5.32 Å². The van der Waals surface area contributed by atoms with Crippen LogP contribution in [0.25, 0.3) is 0 Å². The van der Waals surface area contributed by atoms with Crippen LogP contribution in [0.2, 0.25) is 0 Å². The highest BCUT2D eigenvalue weighted by Crippen LogP contribution is 1.97. The molecule has 0 aliphatic heterocycles. The number of nitrogens with zero attached hydrogens (tertiary/aromatic N) is 1. The van der Waals surface area contributed by atoms with Crippen molar-refractivity contribution < 1.29 is 14.4 Å². The molecule has 0 aromatic heterocycles. The Morgan fingerprint density at radius 1 is 1.00 bits per heavy atom. The second-order valence-electron chi connectivity index (χ2n) is 4.19. The van der Waals surface area contributed by atoms with Gasteiger partial charge >= 0.3 is 11.9 Å².